The van der Waals surface area contributed by atoms with Gasteiger partial charge in [0.2, 0.25) is 0 Å². The average molecular weight is 286 g/mol. The van der Waals surface area contributed by atoms with E-state index in [2.05, 4.69) is 22.6 Å². The van der Waals surface area contributed by atoms with Gasteiger partial charge in [0, 0.05) is 5.39 Å². The summed E-state index contributed by atoms with van der Waals surface area (Å²) in [6, 6.07) is 22.4. The van der Waals surface area contributed by atoms with E-state index in [1.54, 1.807) is 0 Å². The van der Waals surface area contributed by atoms with Crippen molar-refractivity contribution in [3.8, 4) is 6.07 Å². The summed E-state index contributed by atoms with van der Waals surface area (Å²) in [6.45, 7) is 0. The van der Waals surface area contributed by atoms with Crippen LogP contribution in [-0.2, 0) is 0 Å². The first-order valence-corrected chi connectivity index (χ1v) is 7.07. The van der Waals surface area contributed by atoms with E-state index in [1.807, 2.05) is 48.5 Å². The third kappa shape index (κ3) is 1.60. The zero-order valence-corrected chi connectivity index (χ0v) is 11.9. The molecule has 0 aliphatic rings. The summed E-state index contributed by atoms with van der Waals surface area (Å²) >= 11 is 5.51. The zero-order valence-electron chi connectivity index (χ0n) is 11.1. The highest BCUT2D eigenvalue weighted by Crippen LogP contribution is 2.27. The molecule has 0 fully saturated rings. The molecule has 0 saturated carbocycles. The number of benzene rings is 2. The van der Waals surface area contributed by atoms with Crippen LogP contribution in [0.4, 0.5) is 0 Å². The normalized spacial score (nSPS) is 11.0. The summed E-state index contributed by atoms with van der Waals surface area (Å²) < 4.78 is 2.75. The third-order valence-electron chi connectivity index (χ3n) is 3.82. The smallest absolute Gasteiger partial charge is 0.103 e. The molecule has 0 aliphatic heterocycles. The Bertz CT molecular complexity index is 1120. The minimum atomic E-state index is 0.564. The Morgan fingerprint density at radius 1 is 0.810 bits per heavy atom. The number of nitrogens with zero attached hydrogens (tertiary/aromatic N) is 2. The number of fused-ring (bicyclic) bond motifs is 5. The van der Waals surface area contributed by atoms with Crippen molar-refractivity contribution in [2.75, 3.05) is 0 Å². The van der Waals surface area contributed by atoms with Crippen LogP contribution >= 0.6 is 12.2 Å². The predicted molar refractivity (Wildman–Crippen MR) is 88.0 cm³/mol. The average Bonchev–Trinajstić information content (AvgIpc) is 2.55. The van der Waals surface area contributed by atoms with Crippen LogP contribution in [-0.4, -0.2) is 4.40 Å². The van der Waals surface area contributed by atoms with Crippen molar-refractivity contribution < 1.29 is 0 Å². The molecule has 2 nitrogen and oxygen atoms in total. The first-order chi connectivity index (χ1) is 10.3. The quantitative estimate of drug-likeness (QED) is 0.341. The summed E-state index contributed by atoms with van der Waals surface area (Å²) in [5.41, 5.74) is 3.54. The maximum atomic E-state index is 9.52. The lowest BCUT2D eigenvalue weighted by Crippen LogP contribution is -1.97. The van der Waals surface area contributed by atoms with Crippen molar-refractivity contribution in [3.05, 3.63) is 70.7 Å². The standard InChI is InChI=1S/C18H10N2S/c19-11-14-17-10-9-12-5-1-3-7-15(12)20(17)16-8-4-2-6-13(16)18(14)21/h1-10H. The molecule has 4 aromatic rings. The van der Waals surface area contributed by atoms with Gasteiger partial charge in [0.05, 0.1) is 26.6 Å². The van der Waals surface area contributed by atoms with Gasteiger partial charge in [-0.05, 0) is 23.6 Å². The fourth-order valence-electron chi connectivity index (χ4n) is 2.88. The first-order valence-electron chi connectivity index (χ1n) is 6.66. The fourth-order valence-corrected chi connectivity index (χ4v) is 3.20. The number of hydrogen-bond donors (Lipinski definition) is 0. The lowest BCUT2D eigenvalue weighted by molar-refractivity contribution is 1.28. The highest BCUT2D eigenvalue weighted by molar-refractivity contribution is 7.71. The highest BCUT2D eigenvalue weighted by atomic mass is 32.1. The van der Waals surface area contributed by atoms with Gasteiger partial charge >= 0.3 is 0 Å². The SMILES string of the molecule is N#Cc1c(=S)c2ccccc2n2c1ccc1ccccc12. The maximum absolute atomic E-state index is 9.52. The molecular weight excluding hydrogens is 276 g/mol. The highest BCUT2D eigenvalue weighted by Gasteiger charge is 2.10. The van der Waals surface area contributed by atoms with E-state index in [0.29, 0.717) is 10.1 Å². The molecule has 2 heterocycles. The molecule has 0 atom stereocenters. The van der Waals surface area contributed by atoms with E-state index >= 15 is 0 Å². The molecule has 0 radical (unpaired) electrons. The fraction of sp³-hybridized carbons (Fsp3) is 0. The molecule has 0 amide bonds. The largest absolute Gasteiger partial charge is 0.308 e. The van der Waals surface area contributed by atoms with Gasteiger partial charge in [0.1, 0.15) is 6.07 Å². The molecular formula is C18H10N2S. The molecule has 0 saturated heterocycles. The van der Waals surface area contributed by atoms with Crippen LogP contribution in [0, 0.1) is 15.8 Å². The Hall–Kier alpha value is -2.70. The Kier molecular flexibility index (Phi) is 2.53. The van der Waals surface area contributed by atoms with E-state index in [9.17, 15) is 5.26 Å². The minimum Gasteiger partial charge on any atom is -0.308 e. The first kappa shape index (κ1) is 12.1. The van der Waals surface area contributed by atoms with E-state index in [0.717, 1.165) is 27.3 Å². The van der Waals surface area contributed by atoms with Crippen LogP contribution in [0.1, 0.15) is 5.56 Å². The monoisotopic (exact) mass is 286 g/mol. The number of rotatable bonds is 0. The third-order valence-corrected chi connectivity index (χ3v) is 4.25. The molecule has 2 aromatic heterocycles. The van der Waals surface area contributed by atoms with Gasteiger partial charge in [0.25, 0.3) is 0 Å². The Balaban J connectivity index is 2.47. The second-order valence-electron chi connectivity index (χ2n) is 4.95. The lowest BCUT2D eigenvalue weighted by Gasteiger charge is -2.12. The van der Waals surface area contributed by atoms with Crippen molar-refractivity contribution in [2.24, 2.45) is 0 Å². The van der Waals surface area contributed by atoms with Crippen molar-refractivity contribution in [2.45, 2.75) is 0 Å². The lowest BCUT2D eigenvalue weighted by atomic mass is 10.1. The van der Waals surface area contributed by atoms with Gasteiger partial charge in [-0.25, -0.2) is 0 Å². The molecule has 0 bridgehead atoms. The molecule has 4 rings (SSSR count). The molecule has 21 heavy (non-hydrogen) atoms. The van der Waals surface area contributed by atoms with Crippen LogP contribution in [0.25, 0.3) is 27.3 Å². The van der Waals surface area contributed by atoms with Crippen LogP contribution in [0.2, 0.25) is 0 Å². The molecule has 0 spiro atoms. The van der Waals surface area contributed by atoms with Crippen molar-refractivity contribution in [1.29, 1.82) is 5.26 Å². The number of nitriles is 1. The Morgan fingerprint density at radius 2 is 1.52 bits per heavy atom. The van der Waals surface area contributed by atoms with Crippen LogP contribution in [0.3, 0.4) is 0 Å². The second-order valence-corrected chi connectivity index (χ2v) is 5.35. The molecule has 98 valence electrons. The van der Waals surface area contributed by atoms with Crippen LogP contribution in [0.15, 0.2) is 60.7 Å². The van der Waals surface area contributed by atoms with E-state index < -0.39 is 0 Å². The van der Waals surface area contributed by atoms with Crippen molar-refractivity contribution in [3.63, 3.8) is 0 Å². The maximum Gasteiger partial charge on any atom is 0.103 e. The van der Waals surface area contributed by atoms with Gasteiger partial charge in [-0.15, -0.1) is 0 Å². The summed E-state index contributed by atoms with van der Waals surface area (Å²) in [4.78, 5) is 0. The van der Waals surface area contributed by atoms with E-state index in [1.165, 1.54) is 0 Å². The number of aromatic nitrogens is 1. The summed E-state index contributed by atoms with van der Waals surface area (Å²) in [7, 11) is 0. The Labute approximate surface area is 126 Å². The van der Waals surface area contributed by atoms with Crippen LogP contribution < -0.4 is 0 Å². The summed E-state index contributed by atoms with van der Waals surface area (Å²) in [6.07, 6.45) is 0. The van der Waals surface area contributed by atoms with E-state index in [4.69, 9.17) is 12.2 Å². The molecule has 0 unspecified atom stereocenters. The zero-order chi connectivity index (χ0) is 14.4. The van der Waals surface area contributed by atoms with Gasteiger partial charge in [-0.2, -0.15) is 5.26 Å². The van der Waals surface area contributed by atoms with Crippen molar-refractivity contribution in [1.82, 2.24) is 4.40 Å². The predicted octanol–water partition coefficient (Wildman–Crippen LogP) is 4.85. The number of pyridine rings is 2. The van der Waals surface area contributed by atoms with Crippen LogP contribution in [0.5, 0.6) is 0 Å². The van der Waals surface area contributed by atoms with Gasteiger partial charge < -0.3 is 4.40 Å². The molecule has 0 aliphatic carbocycles. The molecule has 2 aromatic carbocycles. The van der Waals surface area contributed by atoms with E-state index in [-0.39, 0.29) is 0 Å². The number of para-hydroxylation sites is 2. The Morgan fingerprint density at radius 3 is 2.33 bits per heavy atom. The van der Waals surface area contributed by atoms with Gasteiger partial charge in [-0.1, -0.05) is 54.7 Å². The second kappa shape index (κ2) is 4.41. The topological polar surface area (TPSA) is 28.2 Å². The summed E-state index contributed by atoms with van der Waals surface area (Å²) in [5.74, 6) is 0. The molecule has 3 heteroatoms. The molecule has 0 N–H and O–H groups in total. The minimum absolute atomic E-state index is 0.564. The van der Waals surface area contributed by atoms with Crippen molar-refractivity contribution >= 4 is 39.5 Å². The number of hydrogen-bond acceptors (Lipinski definition) is 2. The van der Waals surface area contributed by atoms with Gasteiger partial charge in [0.15, 0.2) is 0 Å². The van der Waals surface area contributed by atoms with Gasteiger partial charge in [-0.3, -0.25) is 0 Å². The summed E-state index contributed by atoms with van der Waals surface area (Å²) in [5, 5.41) is 11.6.